The van der Waals surface area contributed by atoms with Gasteiger partial charge in [0.05, 0.1) is 20.3 Å². The van der Waals surface area contributed by atoms with Gasteiger partial charge in [0.2, 0.25) is 0 Å². The van der Waals surface area contributed by atoms with Crippen LogP contribution in [0.4, 0.5) is 0 Å². The fourth-order valence-electron chi connectivity index (χ4n) is 2.68. The molecule has 0 bridgehead atoms. The second-order valence-electron chi connectivity index (χ2n) is 5.43. The van der Waals surface area contributed by atoms with Crippen LogP contribution in [-0.4, -0.2) is 20.0 Å². The zero-order valence-electron chi connectivity index (χ0n) is 13.2. The molecular formula is C19H19NO3. The van der Waals surface area contributed by atoms with E-state index in [9.17, 15) is 4.79 Å². The third-order valence-electron chi connectivity index (χ3n) is 3.96. The largest absolute Gasteiger partial charge is 0.497 e. The van der Waals surface area contributed by atoms with Gasteiger partial charge >= 0.3 is 0 Å². The molecule has 118 valence electrons. The van der Waals surface area contributed by atoms with Gasteiger partial charge in [-0.25, -0.2) is 0 Å². The summed E-state index contributed by atoms with van der Waals surface area (Å²) < 4.78 is 10.4. The summed E-state index contributed by atoms with van der Waals surface area (Å²) in [5.74, 6) is 1.72. The minimum Gasteiger partial charge on any atom is -0.497 e. The van der Waals surface area contributed by atoms with Crippen molar-refractivity contribution in [3.8, 4) is 11.5 Å². The lowest BCUT2D eigenvalue weighted by Gasteiger charge is -2.25. The third-order valence-corrected chi connectivity index (χ3v) is 3.96. The Balaban J connectivity index is 1.83. The van der Waals surface area contributed by atoms with Crippen LogP contribution in [0.1, 0.15) is 23.6 Å². The molecule has 1 heterocycles. The van der Waals surface area contributed by atoms with Crippen molar-refractivity contribution in [2.75, 3.05) is 14.2 Å². The van der Waals surface area contributed by atoms with Crippen LogP contribution in [0, 0.1) is 0 Å². The summed E-state index contributed by atoms with van der Waals surface area (Å²) in [5.41, 5.74) is 2.88. The highest BCUT2D eigenvalue weighted by molar-refractivity contribution is 5.98. The quantitative estimate of drug-likeness (QED) is 0.941. The molecule has 4 heteroatoms. The van der Waals surface area contributed by atoms with Crippen molar-refractivity contribution in [3.63, 3.8) is 0 Å². The number of rotatable bonds is 4. The predicted octanol–water partition coefficient (Wildman–Crippen LogP) is 3.35. The highest BCUT2D eigenvalue weighted by Crippen LogP contribution is 2.28. The van der Waals surface area contributed by atoms with E-state index in [0.29, 0.717) is 6.42 Å². The first kappa shape index (κ1) is 15.2. The van der Waals surface area contributed by atoms with Crippen LogP contribution in [0.15, 0.2) is 54.6 Å². The highest BCUT2D eigenvalue weighted by Gasteiger charge is 2.22. The van der Waals surface area contributed by atoms with E-state index in [2.05, 4.69) is 5.32 Å². The average Bonchev–Trinajstić information content (AvgIpc) is 2.61. The molecule has 0 fully saturated rings. The Morgan fingerprint density at radius 2 is 1.48 bits per heavy atom. The molecular weight excluding hydrogens is 290 g/mol. The topological polar surface area (TPSA) is 47.6 Å². The monoisotopic (exact) mass is 309 g/mol. The summed E-state index contributed by atoms with van der Waals surface area (Å²) in [7, 11) is 3.28. The van der Waals surface area contributed by atoms with Gasteiger partial charge in [0.15, 0.2) is 5.78 Å². The summed E-state index contributed by atoms with van der Waals surface area (Å²) in [6.45, 7) is 0. The van der Waals surface area contributed by atoms with Crippen LogP contribution in [0.25, 0.3) is 5.70 Å². The summed E-state index contributed by atoms with van der Waals surface area (Å²) in [6, 6.07) is 15.4. The number of ketones is 1. The first-order valence-electron chi connectivity index (χ1n) is 7.49. The van der Waals surface area contributed by atoms with Crippen LogP contribution >= 0.6 is 0 Å². The fraction of sp³-hybridized carbons (Fsp3) is 0.211. The van der Waals surface area contributed by atoms with Crippen molar-refractivity contribution in [2.24, 2.45) is 0 Å². The molecule has 0 amide bonds. The van der Waals surface area contributed by atoms with Crippen molar-refractivity contribution >= 4 is 11.5 Å². The van der Waals surface area contributed by atoms with Crippen LogP contribution in [0.5, 0.6) is 11.5 Å². The molecule has 0 saturated carbocycles. The van der Waals surface area contributed by atoms with E-state index in [0.717, 1.165) is 28.3 Å². The van der Waals surface area contributed by atoms with Gasteiger partial charge < -0.3 is 14.8 Å². The number of carbonyl (C=O) groups is 1. The molecule has 23 heavy (non-hydrogen) atoms. The third kappa shape index (κ3) is 3.37. The molecule has 0 saturated heterocycles. The zero-order chi connectivity index (χ0) is 16.2. The van der Waals surface area contributed by atoms with Gasteiger partial charge in [-0.05, 0) is 47.5 Å². The number of hydrogen-bond acceptors (Lipinski definition) is 4. The summed E-state index contributed by atoms with van der Waals surface area (Å²) >= 11 is 0. The Bertz CT molecular complexity index is 717. The van der Waals surface area contributed by atoms with Gasteiger partial charge in [-0.3, -0.25) is 4.79 Å². The van der Waals surface area contributed by atoms with Crippen LogP contribution in [0.3, 0.4) is 0 Å². The number of allylic oxidation sites excluding steroid dienone is 1. The summed E-state index contributed by atoms with van der Waals surface area (Å²) in [5, 5.41) is 3.45. The molecule has 2 aromatic rings. The Morgan fingerprint density at radius 3 is 2.04 bits per heavy atom. The molecule has 4 nitrogen and oxygen atoms in total. The molecule has 0 unspecified atom stereocenters. The van der Waals surface area contributed by atoms with Crippen molar-refractivity contribution in [3.05, 3.63) is 65.7 Å². The summed E-state index contributed by atoms with van der Waals surface area (Å²) in [6.07, 6.45) is 2.12. The Hall–Kier alpha value is -2.75. The molecule has 2 aromatic carbocycles. The molecule has 0 spiro atoms. The average molecular weight is 309 g/mol. The predicted molar refractivity (Wildman–Crippen MR) is 89.5 cm³/mol. The van der Waals surface area contributed by atoms with Gasteiger partial charge in [-0.15, -0.1) is 0 Å². The number of carbonyl (C=O) groups excluding carboxylic acids is 1. The SMILES string of the molecule is COc1ccc(C2=CC(=O)C[C@@H](c3ccc(OC)cc3)N2)cc1. The molecule has 1 aliphatic rings. The van der Waals surface area contributed by atoms with E-state index >= 15 is 0 Å². The smallest absolute Gasteiger partial charge is 0.160 e. The highest BCUT2D eigenvalue weighted by atomic mass is 16.5. The molecule has 0 radical (unpaired) electrons. The van der Waals surface area contributed by atoms with Crippen molar-refractivity contribution in [1.82, 2.24) is 5.32 Å². The molecule has 1 N–H and O–H groups in total. The van der Waals surface area contributed by atoms with Gasteiger partial charge in [-0.2, -0.15) is 0 Å². The van der Waals surface area contributed by atoms with Crippen molar-refractivity contribution in [1.29, 1.82) is 0 Å². The van der Waals surface area contributed by atoms with E-state index in [1.54, 1.807) is 20.3 Å². The summed E-state index contributed by atoms with van der Waals surface area (Å²) in [4.78, 5) is 12.1. The molecule has 1 atom stereocenters. The van der Waals surface area contributed by atoms with Crippen LogP contribution < -0.4 is 14.8 Å². The van der Waals surface area contributed by atoms with Crippen LogP contribution in [0.2, 0.25) is 0 Å². The number of hydrogen-bond donors (Lipinski definition) is 1. The van der Waals surface area contributed by atoms with Gasteiger partial charge in [-0.1, -0.05) is 12.1 Å². The second-order valence-corrected chi connectivity index (χ2v) is 5.43. The number of methoxy groups -OCH3 is 2. The molecule has 0 aliphatic carbocycles. The lowest BCUT2D eigenvalue weighted by molar-refractivity contribution is -0.115. The first-order chi connectivity index (χ1) is 11.2. The molecule has 3 rings (SSSR count). The number of benzene rings is 2. The van der Waals surface area contributed by atoms with E-state index in [1.165, 1.54) is 0 Å². The molecule has 0 aromatic heterocycles. The molecule has 1 aliphatic heterocycles. The van der Waals surface area contributed by atoms with Crippen LogP contribution in [-0.2, 0) is 4.79 Å². The Kier molecular flexibility index (Phi) is 4.33. The Morgan fingerprint density at radius 1 is 0.913 bits per heavy atom. The standard InChI is InChI=1S/C19H19NO3/c1-22-16-7-3-13(4-8-16)18-11-15(21)12-19(20-18)14-5-9-17(23-2)10-6-14/h3-11,19-20H,12H2,1-2H3/t19-/m0/s1. The van der Waals surface area contributed by atoms with E-state index in [4.69, 9.17) is 9.47 Å². The van der Waals surface area contributed by atoms with Crippen molar-refractivity contribution < 1.29 is 14.3 Å². The Labute approximate surface area is 135 Å². The minimum atomic E-state index is -0.0319. The van der Waals surface area contributed by atoms with Gasteiger partial charge in [0.25, 0.3) is 0 Å². The van der Waals surface area contributed by atoms with Crippen molar-refractivity contribution in [2.45, 2.75) is 12.5 Å². The maximum Gasteiger partial charge on any atom is 0.160 e. The van der Waals surface area contributed by atoms with Gasteiger partial charge in [0, 0.05) is 18.2 Å². The van der Waals surface area contributed by atoms with E-state index in [-0.39, 0.29) is 11.8 Å². The number of nitrogens with one attached hydrogen (secondary N) is 1. The maximum atomic E-state index is 12.1. The lowest BCUT2D eigenvalue weighted by Crippen LogP contribution is -2.27. The zero-order valence-corrected chi connectivity index (χ0v) is 13.2. The fourth-order valence-corrected chi connectivity index (χ4v) is 2.68. The maximum absolute atomic E-state index is 12.1. The number of ether oxygens (including phenoxy) is 2. The van der Waals surface area contributed by atoms with Gasteiger partial charge in [0.1, 0.15) is 11.5 Å². The normalized spacial score (nSPS) is 17.2. The first-order valence-corrected chi connectivity index (χ1v) is 7.49. The second kappa shape index (κ2) is 6.57. The lowest BCUT2D eigenvalue weighted by atomic mass is 9.95. The van der Waals surface area contributed by atoms with E-state index in [1.807, 2.05) is 48.5 Å². The van der Waals surface area contributed by atoms with E-state index < -0.39 is 0 Å². The minimum absolute atomic E-state index is 0.0319.